The number of carbonyl (C=O) groups is 3. The van der Waals surface area contributed by atoms with Gasteiger partial charge in [-0.3, -0.25) is 19.6 Å². The first-order chi connectivity index (χ1) is 23.0. The molecular weight excluding hydrogens is 592 g/mol. The van der Waals surface area contributed by atoms with Gasteiger partial charge >= 0.3 is 12.1 Å². The third-order valence-corrected chi connectivity index (χ3v) is 8.28. The number of benzene rings is 4. The fourth-order valence-electron chi connectivity index (χ4n) is 6.06. The van der Waals surface area contributed by atoms with Gasteiger partial charge in [0.1, 0.15) is 19.3 Å². The smallest absolute Gasteiger partial charge is 0.407 e. The monoisotopic (exact) mass is 622 g/mol. The van der Waals surface area contributed by atoms with Crippen LogP contribution in [0.3, 0.4) is 0 Å². The Hall–Kier alpha value is -6.09. The highest BCUT2D eigenvalue weighted by Crippen LogP contribution is 2.44. The van der Waals surface area contributed by atoms with Crippen molar-refractivity contribution in [2.24, 2.45) is 0 Å². The Labute approximate surface area is 270 Å². The molecule has 47 heavy (non-hydrogen) atoms. The number of esters is 1. The van der Waals surface area contributed by atoms with Crippen LogP contribution in [-0.4, -0.2) is 40.6 Å². The molecule has 9 heteroatoms. The summed E-state index contributed by atoms with van der Waals surface area (Å²) in [4.78, 5) is 49.0. The number of carbonyl (C=O) groups excluding carboxylic acids is 3. The van der Waals surface area contributed by atoms with Crippen LogP contribution in [0.25, 0.3) is 32.9 Å². The molecule has 1 aliphatic rings. The van der Waals surface area contributed by atoms with Crippen LogP contribution in [0.2, 0.25) is 0 Å². The molecule has 0 bridgehead atoms. The lowest BCUT2D eigenvalue weighted by molar-refractivity contribution is -0.146. The summed E-state index contributed by atoms with van der Waals surface area (Å²) in [5, 5.41) is 6.96. The Morgan fingerprint density at radius 1 is 0.723 bits per heavy atom. The van der Waals surface area contributed by atoms with E-state index in [0.717, 1.165) is 33.2 Å². The van der Waals surface area contributed by atoms with Crippen molar-refractivity contribution in [2.45, 2.75) is 25.0 Å². The first kappa shape index (κ1) is 29.6. The highest BCUT2D eigenvalue weighted by Gasteiger charge is 2.31. The normalized spacial score (nSPS) is 12.6. The molecule has 4 aromatic carbocycles. The molecule has 0 saturated heterocycles. The number of amides is 2. The lowest BCUT2D eigenvalue weighted by atomic mass is 9.98. The van der Waals surface area contributed by atoms with Gasteiger partial charge in [0.15, 0.2) is 0 Å². The van der Waals surface area contributed by atoms with Crippen LogP contribution in [0, 0.1) is 0 Å². The van der Waals surface area contributed by atoms with E-state index >= 15 is 0 Å². The van der Waals surface area contributed by atoms with E-state index in [4.69, 9.17) is 9.47 Å². The van der Waals surface area contributed by atoms with Crippen LogP contribution in [0.4, 0.5) is 10.5 Å². The van der Waals surface area contributed by atoms with Crippen LogP contribution < -0.4 is 10.6 Å². The van der Waals surface area contributed by atoms with Gasteiger partial charge < -0.3 is 20.1 Å². The third kappa shape index (κ3) is 6.24. The zero-order valence-electron chi connectivity index (χ0n) is 25.3. The van der Waals surface area contributed by atoms with Crippen LogP contribution in [0.5, 0.6) is 0 Å². The van der Waals surface area contributed by atoms with Gasteiger partial charge in [0, 0.05) is 29.1 Å². The number of nitrogens with zero attached hydrogens (tertiary/aromatic N) is 2. The van der Waals surface area contributed by atoms with E-state index in [1.807, 2.05) is 78.9 Å². The van der Waals surface area contributed by atoms with Crippen molar-refractivity contribution in [1.82, 2.24) is 15.3 Å². The SMILES string of the molecule is O=C(C[C@H](NC(=O)OCC1c2ccccc2-c2ccccc21)C(=O)Nc1cc2cccnc2c2ncccc12)OCc1ccccc1. The number of aromatic nitrogens is 2. The summed E-state index contributed by atoms with van der Waals surface area (Å²) in [6, 6.07) is 33.0. The maximum absolute atomic E-state index is 13.8. The highest BCUT2D eigenvalue weighted by atomic mass is 16.5. The Morgan fingerprint density at radius 3 is 2.13 bits per heavy atom. The Kier molecular flexibility index (Phi) is 8.25. The Morgan fingerprint density at radius 2 is 1.38 bits per heavy atom. The van der Waals surface area contributed by atoms with Crippen molar-refractivity contribution >= 4 is 45.5 Å². The number of anilines is 1. The minimum absolute atomic E-state index is 0.0347. The van der Waals surface area contributed by atoms with Crippen molar-refractivity contribution in [3.63, 3.8) is 0 Å². The molecule has 0 spiro atoms. The van der Waals surface area contributed by atoms with Crippen molar-refractivity contribution < 1.29 is 23.9 Å². The molecule has 1 atom stereocenters. The van der Waals surface area contributed by atoms with E-state index in [0.29, 0.717) is 22.1 Å². The van der Waals surface area contributed by atoms with Crippen molar-refractivity contribution in [1.29, 1.82) is 0 Å². The van der Waals surface area contributed by atoms with E-state index in [9.17, 15) is 14.4 Å². The van der Waals surface area contributed by atoms with E-state index in [2.05, 4.69) is 32.7 Å². The molecule has 7 rings (SSSR count). The summed E-state index contributed by atoms with van der Waals surface area (Å²) in [6.07, 6.45) is 2.11. The number of alkyl carbamates (subject to hydrolysis) is 1. The van der Waals surface area contributed by atoms with Gasteiger partial charge in [0.2, 0.25) is 5.91 Å². The van der Waals surface area contributed by atoms with E-state index < -0.39 is 30.4 Å². The molecular formula is C38H30N4O5. The topological polar surface area (TPSA) is 120 Å². The largest absolute Gasteiger partial charge is 0.461 e. The lowest BCUT2D eigenvalue weighted by Crippen LogP contribution is -2.45. The summed E-state index contributed by atoms with van der Waals surface area (Å²) >= 11 is 0. The first-order valence-corrected chi connectivity index (χ1v) is 15.3. The van der Waals surface area contributed by atoms with Gasteiger partial charge in [-0.2, -0.15) is 0 Å². The van der Waals surface area contributed by atoms with Crippen LogP contribution >= 0.6 is 0 Å². The van der Waals surface area contributed by atoms with Gasteiger partial charge in [-0.05, 0) is 52.1 Å². The summed E-state index contributed by atoms with van der Waals surface area (Å²) in [5.74, 6) is -1.42. The lowest BCUT2D eigenvalue weighted by Gasteiger charge is -2.20. The molecule has 1 aliphatic carbocycles. The molecule has 2 amide bonds. The summed E-state index contributed by atoms with van der Waals surface area (Å²) in [7, 11) is 0. The molecule has 2 N–H and O–H groups in total. The Balaban J connectivity index is 1.10. The molecule has 6 aromatic rings. The molecule has 0 radical (unpaired) electrons. The third-order valence-electron chi connectivity index (χ3n) is 8.28. The number of rotatable bonds is 9. The number of pyridine rings is 2. The van der Waals surface area contributed by atoms with Gasteiger partial charge in [-0.1, -0.05) is 84.9 Å². The average Bonchev–Trinajstić information content (AvgIpc) is 3.43. The molecule has 0 fully saturated rings. The number of hydrogen-bond acceptors (Lipinski definition) is 7. The molecule has 9 nitrogen and oxygen atoms in total. The van der Waals surface area contributed by atoms with Gasteiger partial charge in [0.25, 0.3) is 0 Å². The zero-order valence-corrected chi connectivity index (χ0v) is 25.3. The summed E-state index contributed by atoms with van der Waals surface area (Å²) in [6.45, 7) is 0.0908. The number of ether oxygens (including phenoxy) is 2. The standard InChI is InChI=1S/C38H30N4O5/c43-34(46-22-24-10-2-1-3-11-24)21-33(37(44)41-32-20-25-12-8-18-39-35(25)36-30(32)17-9-19-40-36)42-38(45)47-23-31-28-15-6-4-13-26(28)27-14-5-7-16-29(27)31/h1-20,31,33H,21-23H2,(H,41,44)(H,42,45)/t33-/m0/s1. The molecule has 0 saturated carbocycles. The average molecular weight is 623 g/mol. The second kappa shape index (κ2) is 13.1. The van der Waals surface area contributed by atoms with Crippen LogP contribution in [0.1, 0.15) is 29.0 Å². The van der Waals surface area contributed by atoms with E-state index in [-0.39, 0.29) is 19.1 Å². The maximum atomic E-state index is 13.8. The van der Waals surface area contributed by atoms with E-state index in [1.54, 1.807) is 30.6 Å². The predicted octanol–water partition coefficient (Wildman–Crippen LogP) is 6.76. The molecule has 0 aliphatic heterocycles. The van der Waals surface area contributed by atoms with Crippen molar-refractivity contribution in [3.8, 4) is 11.1 Å². The fraction of sp³-hybridized carbons (Fsp3) is 0.132. The molecule has 0 unspecified atom stereocenters. The Bertz CT molecular complexity index is 2070. The van der Waals surface area contributed by atoms with Gasteiger partial charge in [-0.25, -0.2) is 4.79 Å². The molecule has 232 valence electrons. The first-order valence-electron chi connectivity index (χ1n) is 15.3. The minimum atomic E-state index is -1.29. The predicted molar refractivity (Wildman–Crippen MR) is 179 cm³/mol. The van der Waals surface area contributed by atoms with E-state index in [1.165, 1.54) is 0 Å². The number of hydrogen-bond donors (Lipinski definition) is 2. The van der Waals surface area contributed by atoms with Crippen LogP contribution in [-0.2, 0) is 25.7 Å². The zero-order chi connectivity index (χ0) is 32.2. The minimum Gasteiger partial charge on any atom is -0.461 e. The number of fused-ring (bicyclic) bond motifs is 6. The maximum Gasteiger partial charge on any atom is 0.407 e. The fourth-order valence-corrected chi connectivity index (χ4v) is 6.06. The summed E-state index contributed by atoms with van der Waals surface area (Å²) < 4.78 is 11.2. The number of nitrogens with one attached hydrogen (secondary N) is 2. The van der Waals surface area contributed by atoms with Gasteiger partial charge in [-0.15, -0.1) is 0 Å². The summed E-state index contributed by atoms with van der Waals surface area (Å²) in [5.41, 5.74) is 6.90. The highest BCUT2D eigenvalue weighted by molar-refractivity contribution is 6.13. The molecule has 2 heterocycles. The molecule has 2 aromatic heterocycles. The second-order valence-corrected chi connectivity index (χ2v) is 11.3. The van der Waals surface area contributed by atoms with Crippen molar-refractivity contribution in [2.75, 3.05) is 11.9 Å². The van der Waals surface area contributed by atoms with Gasteiger partial charge in [0.05, 0.1) is 23.1 Å². The second-order valence-electron chi connectivity index (χ2n) is 11.3. The van der Waals surface area contributed by atoms with Crippen LogP contribution in [0.15, 0.2) is 122 Å². The quantitative estimate of drug-likeness (QED) is 0.135. The van der Waals surface area contributed by atoms with Crippen molar-refractivity contribution in [3.05, 3.63) is 138 Å².